The molecular weight excluding hydrogens is 512 g/mol. The van der Waals surface area contributed by atoms with Crippen LogP contribution in [0.1, 0.15) is 11.6 Å². The summed E-state index contributed by atoms with van der Waals surface area (Å²) in [5.74, 6) is -1.24. The van der Waals surface area contributed by atoms with E-state index < -0.39 is 18.1 Å². The number of imide groups is 1. The summed E-state index contributed by atoms with van der Waals surface area (Å²) in [6.07, 6.45) is -0.870. The molecule has 2 fully saturated rings. The summed E-state index contributed by atoms with van der Waals surface area (Å²) >= 11 is 6.90. The molecule has 2 saturated heterocycles. The molecule has 3 aromatic rings. The van der Waals surface area contributed by atoms with E-state index in [0.717, 1.165) is 20.2 Å². The molecule has 0 bridgehead atoms. The van der Waals surface area contributed by atoms with E-state index in [1.165, 1.54) is 4.90 Å². The Labute approximate surface area is 190 Å². The molecule has 0 N–H and O–H groups in total. The van der Waals surface area contributed by atoms with Crippen molar-refractivity contribution < 1.29 is 14.4 Å². The van der Waals surface area contributed by atoms with Crippen molar-refractivity contribution in [3.8, 4) is 0 Å². The van der Waals surface area contributed by atoms with E-state index in [2.05, 4.69) is 31.9 Å². The average Bonchev–Trinajstić information content (AvgIpc) is 3.26. The lowest BCUT2D eigenvalue weighted by Gasteiger charge is -2.28. The number of fused-ring (bicyclic) bond motifs is 1. The number of anilines is 2. The second-order valence-electron chi connectivity index (χ2n) is 7.20. The Bertz CT molecular complexity index is 1120. The minimum absolute atomic E-state index is 0.254. The van der Waals surface area contributed by atoms with Crippen LogP contribution in [0.25, 0.3) is 0 Å². The molecule has 3 atom stereocenters. The molecule has 2 aliphatic heterocycles. The predicted octanol–water partition coefficient (Wildman–Crippen LogP) is 5.26. The number of rotatable bonds is 3. The standard InChI is InChI=1S/C23H16Br2N2O3/c24-15-9-11-17(12-10-15)26-22(28)19-20(14-5-4-6-16(25)13-14)27(30-21(19)23(26)29)18-7-2-1-3-8-18/h1-13,19-21H/t19-,20+,21-/m1/s1. The molecular formula is C23H16Br2N2O3. The van der Waals surface area contributed by atoms with E-state index in [1.54, 1.807) is 17.2 Å². The van der Waals surface area contributed by atoms with Crippen LogP contribution in [0.3, 0.4) is 0 Å². The number of para-hydroxylation sites is 1. The Balaban J connectivity index is 1.59. The Morgan fingerprint density at radius 1 is 0.733 bits per heavy atom. The zero-order valence-electron chi connectivity index (χ0n) is 15.6. The molecule has 150 valence electrons. The van der Waals surface area contributed by atoms with Crippen LogP contribution in [0.4, 0.5) is 11.4 Å². The summed E-state index contributed by atoms with van der Waals surface area (Å²) in [5, 5.41) is 1.70. The number of hydrogen-bond donors (Lipinski definition) is 0. The van der Waals surface area contributed by atoms with Crippen molar-refractivity contribution in [2.24, 2.45) is 5.92 Å². The molecule has 0 saturated carbocycles. The minimum Gasteiger partial charge on any atom is -0.273 e. The molecule has 2 amide bonds. The Kier molecular flexibility index (Phi) is 4.97. The summed E-state index contributed by atoms with van der Waals surface area (Å²) < 4.78 is 1.78. The minimum atomic E-state index is -0.870. The molecule has 2 aliphatic rings. The first-order chi connectivity index (χ1) is 14.5. The number of amides is 2. The van der Waals surface area contributed by atoms with Crippen LogP contribution in [-0.4, -0.2) is 17.9 Å². The van der Waals surface area contributed by atoms with E-state index in [1.807, 2.05) is 66.7 Å². The number of hydroxylamine groups is 1. The second-order valence-corrected chi connectivity index (χ2v) is 9.03. The SMILES string of the molecule is O=C1[C@H]2[C@@H](ON(c3ccccc3)[C@H]2c2cccc(Br)c2)C(=O)N1c1ccc(Br)cc1. The van der Waals surface area contributed by atoms with E-state index >= 15 is 0 Å². The molecule has 5 rings (SSSR count). The lowest BCUT2D eigenvalue weighted by atomic mass is 9.90. The van der Waals surface area contributed by atoms with Gasteiger partial charge in [-0.25, -0.2) is 9.96 Å². The van der Waals surface area contributed by atoms with Crippen LogP contribution >= 0.6 is 31.9 Å². The van der Waals surface area contributed by atoms with Crippen molar-refractivity contribution in [1.82, 2.24) is 0 Å². The summed E-state index contributed by atoms with van der Waals surface area (Å²) in [7, 11) is 0. The van der Waals surface area contributed by atoms with Crippen LogP contribution in [0.15, 0.2) is 87.8 Å². The van der Waals surface area contributed by atoms with Crippen molar-refractivity contribution in [2.75, 3.05) is 9.96 Å². The maximum absolute atomic E-state index is 13.5. The van der Waals surface area contributed by atoms with Gasteiger partial charge in [0.2, 0.25) is 5.91 Å². The third-order valence-corrected chi connectivity index (χ3v) is 6.42. The molecule has 0 aromatic heterocycles. The van der Waals surface area contributed by atoms with Gasteiger partial charge in [-0.05, 0) is 54.1 Å². The number of nitrogens with zero attached hydrogens (tertiary/aromatic N) is 2. The predicted molar refractivity (Wildman–Crippen MR) is 121 cm³/mol. The van der Waals surface area contributed by atoms with Gasteiger partial charge in [-0.3, -0.25) is 14.4 Å². The molecule has 30 heavy (non-hydrogen) atoms. The van der Waals surface area contributed by atoms with E-state index in [-0.39, 0.29) is 11.8 Å². The van der Waals surface area contributed by atoms with Crippen molar-refractivity contribution >= 4 is 55.0 Å². The fraction of sp³-hybridized carbons (Fsp3) is 0.130. The molecule has 0 spiro atoms. The zero-order valence-corrected chi connectivity index (χ0v) is 18.8. The first-order valence-electron chi connectivity index (χ1n) is 9.44. The monoisotopic (exact) mass is 526 g/mol. The zero-order chi connectivity index (χ0) is 20.8. The third-order valence-electron chi connectivity index (χ3n) is 5.40. The van der Waals surface area contributed by atoms with Gasteiger partial charge < -0.3 is 0 Å². The highest BCUT2D eigenvalue weighted by atomic mass is 79.9. The molecule has 2 heterocycles. The van der Waals surface area contributed by atoms with Crippen LogP contribution in [0.2, 0.25) is 0 Å². The molecule has 0 radical (unpaired) electrons. The fourth-order valence-corrected chi connectivity index (χ4v) is 4.77. The number of benzene rings is 3. The van der Waals surface area contributed by atoms with Crippen molar-refractivity contribution in [2.45, 2.75) is 12.1 Å². The van der Waals surface area contributed by atoms with Gasteiger partial charge in [-0.2, -0.15) is 0 Å². The average molecular weight is 528 g/mol. The van der Waals surface area contributed by atoms with Crippen LogP contribution in [0, 0.1) is 5.92 Å². The second kappa shape index (κ2) is 7.65. The van der Waals surface area contributed by atoms with Gasteiger partial charge in [0.15, 0.2) is 6.10 Å². The maximum Gasteiger partial charge on any atom is 0.266 e. The van der Waals surface area contributed by atoms with Gasteiger partial charge >= 0.3 is 0 Å². The topological polar surface area (TPSA) is 49.9 Å². The first kappa shape index (κ1) is 19.5. The molecule has 3 aromatic carbocycles. The van der Waals surface area contributed by atoms with Gasteiger partial charge in [-0.1, -0.05) is 62.2 Å². The normalized spacial score (nSPS) is 23.2. The highest BCUT2D eigenvalue weighted by Gasteiger charge is 2.60. The number of halogens is 2. The fourth-order valence-electron chi connectivity index (χ4n) is 4.09. The summed E-state index contributed by atoms with van der Waals surface area (Å²) in [6.45, 7) is 0. The largest absolute Gasteiger partial charge is 0.273 e. The van der Waals surface area contributed by atoms with Gasteiger partial charge in [-0.15, -0.1) is 0 Å². The Morgan fingerprint density at radius 2 is 1.47 bits per heavy atom. The van der Waals surface area contributed by atoms with Gasteiger partial charge in [0, 0.05) is 8.95 Å². The number of carbonyl (C=O) groups excluding carboxylic acids is 2. The van der Waals surface area contributed by atoms with E-state index in [0.29, 0.717) is 5.69 Å². The quantitative estimate of drug-likeness (QED) is 0.436. The highest BCUT2D eigenvalue weighted by molar-refractivity contribution is 9.10. The first-order valence-corrected chi connectivity index (χ1v) is 11.0. The Hall–Kier alpha value is -2.48. The van der Waals surface area contributed by atoms with E-state index in [4.69, 9.17) is 4.84 Å². The van der Waals surface area contributed by atoms with Crippen LogP contribution < -0.4 is 9.96 Å². The van der Waals surface area contributed by atoms with E-state index in [9.17, 15) is 9.59 Å². The Morgan fingerprint density at radius 3 is 2.17 bits per heavy atom. The van der Waals surface area contributed by atoms with Crippen molar-refractivity contribution in [3.63, 3.8) is 0 Å². The van der Waals surface area contributed by atoms with Crippen molar-refractivity contribution in [3.05, 3.63) is 93.4 Å². The lowest BCUT2D eigenvalue weighted by molar-refractivity contribution is -0.126. The van der Waals surface area contributed by atoms with Crippen LogP contribution in [0.5, 0.6) is 0 Å². The maximum atomic E-state index is 13.5. The highest BCUT2D eigenvalue weighted by Crippen LogP contribution is 2.47. The molecule has 0 aliphatic carbocycles. The lowest BCUT2D eigenvalue weighted by Crippen LogP contribution is -2.37. The molecule has 5 nitrogen and oxygen atoms in total. The molecule has 7 heteroatoms. The van der Waals surface area contributed by atoms with Crippen molar-refractivity contribution in [1.29, 1.82) is 0 Å². The van der Waals surface area contributed by atoms with Gasteiger partial charge in [0.1, 0.15) is 5.92 Å². The number of hydrogen-bond acceptors (Lipinski definition) is 4. The van der Waals surface area contributed by atoms with Gasteiger partial charge in [0.05, 0.1) is 17.4 Å². The molecule has 0 unspecified atom stereocenters. The van der Waals surface area contributed by atoms with Crippen LogP contribution in [-0.2, 0) is 14.4 Å². The summed E-state index contributed by atoms with van der Waals surface area (Å²) in [4.78, 5) is 34.1. The summed E-state index contributed by atoms with van der Waals surface area (Å²) in [5.41, 5.74) is 2.25. The summed E-state index contributed by atoms with van der Waals surface area (Å²) in [6, 6.07) is 24.0. The van der Waals surface area contributed by atoms with Gasteiger partial charge in [0.25, 0.3) is 5.91 Å². The smallest absolute Gasteiger partial charge is 0.266 e. The third kappa shape index (κ3) is 3.17. The number of carbonyl (C=O) groups is 2.